The molecule has 0 radical (unpaired) electrons. The van der Waals surface area contributed by atoms with Crippen LogP contribution in [0.4, 0.5) is 0 Å². The molecule has 2 amide bonds. The van der Waals surface area contributed by atoms with Crippen LogP contribution < -0.4 is 10.1 Å². The average molecular weight is 443 g/mol. The number of ether oxygens (including phenoxy) is 1. The maximum absolute atomic E-state index is 13.2. The Morgan fingerprint density at radius 3 is 2.42 bits per heavy atom. The van der Waals surface area contributed by atoms with Crippen LogP contribution in [0.5, 0.6) is 5.75 Å². The first-order valence-corrected chi connectivity index (χ1v) is 11.2. The monoisotopic (exact) mass is 442 g/mol. The van der Waals surface area contributed by atoms with Crippen LogP contribution >= 0.6 is 11.6 Å². The minimum Gasteiger partial charge on any atom is -0.497 e. The highest BCUT2D eigenvalue weighted by atomic mass is 35.5. The van der Waals surface area contributed by atoms with Gasteiger partial charge in [0.15, 0.2) is 0 Å². The molecule has 1 fully saturated rings. The average Bonchev–Trinajstić information content (AvgIpc) is 2.77. The molecule has 6 heteroatoms. The molecular formula is C25H31ClN2O3. The molecule has 1 aliphatic heterocycles. The first-order chi connectivity index (χ1) is 14.9. The molecular weight excluding hydrogens is 412 g/mol. The van der Waals surface area contributed by atoms with E-state index in [0.29, 0.717) is 24.8 Å². The van der Waals surface area contributed by atoms with E-state index in [-0.39, 0.29) is 24.2 Å². The summed E-state index contributed by atoms with van der Waals surface area (Å²) in [6.07, 6.45) is 2.04. The molecule has 2 aromatic carbocycles. The highest BCUT2D eigenvalue weighted by molar-refractivity contribution is 6.30. The molecule has 31 heavy (non-hydrogen) atoms. The van der Waals surface area contributed by atoms with Crippen LogP contribution in [0, 0.1) is 5.92 Å². The highest BCUT2D eigenvalue weighted by Gasteiger charge is 2.31. The summed E-state index contributed by atoms with van der Waals surface area (Å²) in [7, 11) is 1.60. The minimum atomic E-state index is -0.523. The fourth-order valence-electron chi connectivity index (χ4n) is 4.07. The number of carbonyl (C=O) groups excluding carboxylic acids is 2. The van der Waals surface area contributed by atoms with E-state index in [9.17, 15) is 9.59 Å². The molecule has 0 aromatic heterocycles. The zero-order valence-corrected chi connectivity index (χ0v) is 19.2. The lowest BCUT2D eigenvalue weighted by Crippen LogP contribution is -2.53. The lowest BCUT2D eigenvalue weighted by molar-refractivity contribution is -0.138. The van der Waals surface area contributed by atoms with Crippen molar-refractivity contribution in [2.45, 2.75) is 45.1 Å². The van der Waals surface area contributed by atoms with Gasteiger partial charge in [0, 0.05) is 18.1 Å². The molecule has 1 atom stereocenters. The zero-order valence-electron chi connectivity index (χ0n) is 18.4. The van der Waals surface area contributed by atoms with Gasteiger partial charge in [0.1, 0.15) is 11.8 Å². The van der Waals surface area contributed by atoms with Gasteiger partial charge in [-0.15, -0.1) is 0 Å². The Labute approximate surface area is 189 Å². The molecule has 1 heterocycles. The molecule has 0 aliphatic carbocycles. The standard InChI is InChI=1S/C25H31ClN2O3/c1-17(2)24(27-23(29)16-18-5-4-6-22(15-18)31-3)25(30)28-13-11-20(12-14-28)19-7-9-21(26)10-8-19/h4-10,15,17,20,24H,11-14,16H2,1-3H3,(H,27,29)/t24-/m1/s1. The summed E-state index contributed by atoms with van der Waals surface area (Å²) in [5.74, 6) is 1.00. The fourth-order valence-corrected chi connectivity index (χ4v) is 4.20. The van der Waals surface area contributed by atoms with Crippen molar-refractivity contribution in [2.24, 2.45) is 5.92 Å². The molecule has 166 valence electrons. The largest absolute Gasteiger partial charge is 0.497 e. The molecule has 1 aliphatic rings. The Balaban J connectivity index is 1.57. The lowest BCUT2D eigenvalue weighted by Gasteiger charge is -2.35. The predicted octanol–water partition coefficient (Wildman–Crippen LogP) is 4.44. The van der Waals surface area contributed by atoms with Gasteiger partial charge in [0.25, 0.3) is 0 Å². The van der Waals surface area contributed by atoms with E-state index >= 15 is 0 Å². The second kappa shape index (κ2) is 10.7. The van der Waals surface area contributed by atoms with Gasteiger partial charge in [-0.2, -0.15) is 0 Å². The Kier molecular flexibility index (Phi) is 7.97. The summed E-state index contributed by atoms with van der Waals surface area (Å²) in [4.78, 5) is 27.7. The van der Waals surface area contributed by atoms with E-state index in [0.717, 1.165) is 23.4 Å². The number of nitrogens with one attached hydrogen (secondary N) is 1. The van der Waals surface area contributed by atoms with E-state index in [4.69, 9.17) is 16.3 Å². The van der Waals surface area contributed by atoms with Crippen molar-refractivity contribution in [3.8, 4) is 5.75 Å². The second-order valence-electron chi connectivity index (χ2n) is 8.47. The van der Waals surface area contributed by atoms with Crippen molar-refractivity contribution in [2.75, 3.05) is 20.2 Å². The normalized spacial score (nSPS) is 15.6. The molecule has 0 unspecified atom stereocenters. The molecule has 3 rings (SSSR count). The first kappa shape index (κ1) is 23.1. The summed E-state index contributed by atoms with van der Waals surface area (Å²) in [5.41, 5.74) is 2.12. The number of halogens is 1. The van der Waals surface area contributed by atoms with Crippen LogP contribution in [0.2, 0.25) is 5.02 Å². The summed E-state index contributed by atoms with van der Waals surface area (Å²) >= 11 is 5.99. The maximum Gasteiger partial charge on any atom is 0.245 e. The summed E-state index contributed by atoms with van der Waals surface area (Å²) in [5, 5.41) is 3.70. The van der Waals surface area contributed by atoms with Gasteiger partial charge in [0.05, 0.1) is 13.5 Å². The van der Waals surface area contributed by atoms with Gasteiger partial charge in [-0.1, -0.05) is 49.7 Å². The number of nitrogens with zero attached hydrogens (tertiary/aromatic N) is 1. The number of likely N-dealkylation sites (tertiary alicyclic amines) is 1. The third-order valence-corrected chi connectivity index (χ3v) is 6.15. The number of rotatable bonds is 7. The Hall–Kier alpha value is -2.53. The third-order valence-electron chi connectivity index (χ3n) is 5.90. The smallest absolute Gasteiger partial charge is 0.245 e. The van der Waals surface area contributed by atoms with E-state index in [2.05, 4.69) is 17.4 Å². The number of benzene rings is 2. The molecule has 2 aromatic rings. The van der Waals surface area contributed by atoms with Crippen LogP contribution in [-0.4, -0.2) is 43.0 Å². The SMILES string of the molecule is COc1cccc(CC(=O)N[C@@H](C(=O)N2CCC(c3ccc(Cl)cc3)CC2)C(C)C)c1. The van der Waals surface area contributed by atoms with Crippen LogP contribution in [-0.2, 0) is 16.0 Å². The minimum absolute atomic E-state index is 0.00329. The van der Waals surface area contributed by atoms with Gasteiger partial charge in [-0.25, -0.2) is 0 Å². The zero-order chi connectivity index (χ0) is 22.4. The number of carbonyl (C=O) groups is 2. The van der Waals surface area contributed by atoms with E-state index in [1.807, 2.05) is 55.1 Å². The van der Waals surface area contributed by atoms with Gasteiger partial charge >= 0.3 is 0 Å². The molecule has 1 saturated heterocycles. The van der Waals surface area contributed by atoms with Gasteiger partial charge in [-0.3, -0.25) is 9.59 Å². The summed E-state index contributed by atoms with van der Waals surface area (Å²) in [6.45, 7) is 5.33. The van der Waals surface area contributed by atoms with Crippen molar-refractivity contribution in [1.82, 2.24) is 10.2 Å². The van der Waals surface area contributed by atoms with Crippen LogP contribution in [0.1, 0.15) is 43.7 Å². The van der Waals surface area contributed by atoms with Gasteiger partial charge in [-0.05, 0) is 60.1 Å². The summed E-state index contributed by atoms with van der Waals surface area (Å²) < 4.78 is 5.22. The summed E-state index contributed by atoms with van der Waals surface area (Å²) in [6, 6.07) is 14.9. The highest BCUT2D eigenvalue weighted by Crippen LogP contribution is 2.29. The third kappa shape index (κ3) is 6.23. The molecule has 5 nitrogen and oxygen atoms in total. The van der Waals surface area contributed by atoms with Crippen molar-refractivity contribution in [1.29, 1.82) is 0 Å². The molecule has 0 spiro atoms. The fraction of sp³-hybridized carbons (Fsp3) is 0.440. The van der Waals surface area contributed by atoms with Crippen LogP contribution in [0.15, 0.2) is 48.5 Å². The number of piperidine rings is 1. The number of methoxy groups -OCH3 is 1. The number of amides is 2. The van der Waals surface area contributed by atoms with Crippen molar-refractivity contribution >= 4 is 23.4 Å². The van der Waals surface area contributed by atoms with Gasteiger partial charge < -0.3 is 15.0 Å². The van der Waals surface area contributed by atoms with E-state index in [1.165, 1.54) is 5.56 Å². The molecule has 0 bridgehead atoms. The topological polar surface area (TPSA) is 58.6 Å². The van der Waals surface area contributed by atoms with Crippen molar-refractivity contribution < 1.29 is 14.3 Å². The quantitative estimate of drug-likeness (QED) is 0.689. The maximum atomic E-state index is 13.2. The first-order valence-electron chi connectivity index (χ1n) is 10.8. The Morgan fingerprint density at radius 2 is 1.81 bits per heavy atom. The van der Waals surface area contributed by atoms with Crippen LogP contribution in [0.3, 0.4) is 0 Å². The predicted molar refractivity (Wildman–Crippen MR) is 123 cm³/mol. The van der Waals surface area contributed by atoms with E-state index < -0.39 is 6.04 Å². The molecule has 1 N–H and O–H groups in total. The van der Waals surface area contributed by atoms with Crippen molar-refractivity contribution in [3.05, 3.63) is 64.7 Å². The Bertz CT molecular complexity index is 890. The second-order valence-corrected chi connectivity index (χ2v) is 8.91. The van der Waals surface area contributed by atoms with E-state index in [1.54, 1.807) is 7.11 Å². The number of hydrogen-bond acceptors (Lipinski definition) is 3. The van der Waals surface area contributed by atoms with Crippen LogP contribution in [0.25, 0.3) is 0 Å². The van der Waals surface area contributed by atoms with Gasteiger partial charge in [0.2, 0.25) is 11.8 Å². The Morgan fingerprint density at radius 1 is 1.13 bits per heavy atom. The van der Waals surface area contributed by atoms with Crippen molar-refractivity contribution in [3.63, 3.8) is 0 Å². The molecule has 0 saturated carbocycles. The number of hydrogen-bond donors (Lipinski definition) is 1. The lowest BCUT2D eigenvalue weighted by atomic mass is 9.89.